The fraction of sp³-hybridized carbons (Fsp3) is 0.385. The number of ether oxygens (including phenoxy) is 1. The monoisotopic (exact) mass is 278 g/mol. The van der Waals surface area contributed by atoms with Crippen LogP contribution in [-0.2, 0) is 7.05 Å². The van der Waals surface area contributed by atoms with E-state index in [-0.39, 0.29) is 11.3 Å². The van der Waals surface area contributed by atoms with Gasteiger partial charge >= 0.3 is 0 Å². The summed E-state index contributed by atoms with van der Waals surface area (Å²) in [6, 6.07) is 7.90. The zero-order valence-corrected chi connectivity index (χ0v) is 12.1. The maximum atomic E-state index is 6.13. The molecule has 0 aliphatic heterocycles. The first-order valence-electron chi connectivity index (χ1n) is 6.02. The molecule has 0 saturated carbocycles. The van der Waals surface area contributed by atoms with Gasteiger partial charge in [-0.25, -0.2) is 9.67 Å². The van der Waals surface area contributed by atoms with E-state index in [2.05, 4.69) is 10.1 Å². The van der Waals surface area contributed by atoms with E-state index in [0.29, 0.717) is 0 Å². The maximum Gasteiger partial charge on any atom is 0.186 e. The van der Waals surface area contributed by atoms with Crippen molar-refractivity contribution >= 4 is 11.8 Å². The number of benzene rings is 1. The summed E-state index contributed by atoms with van der Waals surface area (Å²) in [6.45, 7) is 1.99. The Balaban J connectivity index is 2.33. The van der Waals surface area contributed by atoms with Crippen LogP contribution < -0.4 is 10.5 Å². The highest BCUT2D eigenvalue weighted by Gasteiger charge is 2.23. The van der Waals surface area contributed by atoms with E-state index >= 15 is 0 Å². The van der Waals surface area contributed by atoms with Crippen LogP contribution >= 0.6 is 11.8 Å². The molecular weight excluding hydrogens is 260 g/mol. The van der Waals surface area contributed by atoms with E-state index in [0.717, 1.165) is 16.5 Å². The molecule has 0 fully saturated rings. The number of hydrogen-bond acceptors (Lipinski definition) is 5. The molecule has 19 heavy (non-hydrogen) atoms. The molecule has 2 aromatic rings. The van der Waals surface area contributed by atoms with E-state index in [1.165, 1.54) is 0 Å². The van der Waals surface area contributed by atoms with Crippen LogP contribution in [0.2, 0.25) is 0 Å². The first-order chi connectivity index (χ1) is 9.13. The average Bonchev–Trinajstić information content (AvgIpc) is 2.81. The molecule has 0 spiro atoms. The van der Waals surface area contributed by atoms with Crippen LogP contribution in [-0.4, -0.2) is 27.9 Å². The van der Waals surface area contributed by atoms with Crippen LogP contribution in [0.5, 0.6) is 5.75 Å². The molecule has 0 aliphatic carbocycles. The second kappa shape index (κ2) is 6.08. The van der Waals surface area contributed by atoms with E-state index in [1.54, 1.807) is 29.9 Å². The zero-order valence-electron chi connectivity index (χ0n) is 11.3. The summed E-state index contributed by atoms with van der Waals surface area (Å²) >= 11 is 1.60. The van der Waals surface area contributed by atoms with Gasteiger partial charge in [-0.15, -0.1) is 0 Å². The number of nitrogens with zero attached hydrogens (tertiary/aromatic N) is 3. The molecule has 0 radical (unpaired) electrons. The highest BCUT2D eigenvalue weighted by atomic mass is 32.2. The maximum absolute atomic E-state index is 6.13. The van der Waals surface area contributed by atoms with Crippen LogP contribution in [0.1, 0.15) is 17.7 Å². The second-order valence-corrected chi connectivity index (χ2v) is 5.41. The summed E-state index contributed by atoms with van der Waals surface area (Å²) in [5, 5.41) is 4.99. The number of aryl methyl sites for hydroxylation is 1. The van der Waals surface area contributed by atoms with E-state index in [1.807, 2.05) is 38.2 Å². The Morgan fingerprint density at radius 3 is 2.68 bits per heavy atom. The fourth-order valence-electron chi connectivity index (χ4n) is 1.86. The van der Waals surface area contributed by atoms with Crippen molar-refractivity contribution < 1.29 is 4.74 Å². The summed E-state index contributed by atoms with van der Waals surface area (Å²) in [6.07, 6.45) is 1.54. The van der Waals surface area contributed by atoms with Crippen molar-refractivity contribution in [2.75, 3.05) is 7.11 Å². The van der Waals surface area contributed by atoms with Gasteiger partial charge < -0.3 is 10.5 Å². The molecule has 6 heteroatoms. The summed E-state index contributed by atoms with van der Waals surface area (Å²) in [4.78, 5) is 4.24. The SMILES string of the molecule is COc1ccccc1C(Sc1ncnn1C)C(C)N. The van der Waals surface area contributed by atoms with Gasteiger partial charge in [0, 0.05) is 18.7 Å². The summed E-state index contributed by atoms with van der Waals surface area (Å²) in [7, 11) is 3.54. The molecule has 5 nitrogen and oxygen atoms in total. The van der Waals surface area contributed by atoms with E-state index in [4.69, 9.17) is 10.5 Å². The summed E-state index contributed by atoms with van der Waals surface area (Å²) < 4.78 is 7.16. The van der Waals surface area contributed by atoms with Gasteiger partial charge in [0.2, 0.25) is 0 Å². The lowest BCUT2D eigenvalue weighted by atomic mass is 10.1. The van der Waals surface area contributed by atoms with Crippen LogP contribution in [0.25, 0.3) is 0 Å². The zero-order chi connectivity index (χ0) is 13.8. The van der Waals surface area contributed by atoms with Gasteiger partial charge in [0.25, 0.3) is 0 Å². The van der Waals surface area contributed by atoms with Crippen molar-refractivity contribution in [2.24, 2.45) is 12.8 Å². The number of nitrogens with two attached hydrogens (primary N) is 1. The second-order valence-electron chi connectivity index (χ2n) is 4.31. The Kier molecular flexibility index (Phi) is 4.44. The third-order valence-corrected chi connectivity index (χ3v) is 4.34. The number of thioether (sulfide) groups is 1. The molecule has 2 N–H and O–H groups in total. The van der Waals surface area contributed by atoms with Crippen molar-refractivity contribution in [3.05, 3.63) is 36.2 Å². The van der Waals surface area contributed by atoms with Crippen molar-refractivity contribution in [3.8, 4) is 5.75 Å². The molecular formula is C13H18N4OS. The smallest absolute Gasteiger partial charge is 0.186 e. The minimum atomic E-state index is -0.0296. The predicted molar refractivity (Wildman–Crippen MR) is 76.2 cm³/mol. The highest BCUT2D eigenvalue weighted by Crippen LogP contribution is 2.39. The summed E-state index contributed by atoms with van der Waals surface area (Å²) in [5.41, 5.74) is 7.20. The number of para-hydroxylation sites is 1. The molecule has 102 valence electrons. The van der Waals surface area contributed by atoms with E-state index < -0.39 is 0 Å². The predicted octanol–water partition coefficient (Wildman–Crippen LogP) is 2.00. The summed E-state index contributed by atoms with van der Waals surface area (Å²) in [5.74, 6) is 0.847. The Labute approximate surface area is 117 Å². The van der Waals surface area contributed by atoms with Gasteiger partial charge in [0.1, 0.15) is 12.1 Å². The number of hydrogen-bond donors (Lipinski definition) is 1. The number of methoxy groups -OCH3 is 1. The molecule has 1 aromatic carbocycles. The van der Waals surface area contributed by atoms with Crippen LogP contribution in [0, 0.1) is 0 Å². The first kappa shape index (κ1) is 13.9. The van der Waals surface area contributed by atoms with Crippen LogP contribution in [0.3, 0.4) is 0 Å². The number of aromatic nitrogens is 3. The Bertz CT molecular complexity index is 541. The molecule has 0 aliphatic rings. The Morgan fingerprint density at radius 1 is 1.37 bits per heavy atom. The van der Waals surface area contributed by atoms with Crippen LogP contribution in [0.4, 0.5) is 0 Å². The lowest BCUT2D eigenvalue weighted by Crippen LogP contribution is -2.23. The van der Waals surface area contributed by atoms with Gasteiger partial charge in [-0.1, -0.05) is 30.0 Å². The molecule has 2 atom stereocenters. The number of rotatable bonds is 5. The highest BCUT2D eigenvalue weighted by molar-refractivity contribution is 7.99. The van der Waals surface area contributed by atoms with Crippen LogP contribution in [0.15, 0.2) is 35.7 Å². The third kappa shape index (κ3) is 3.08. The first-order valence-corrected chi connectivity index (χ1v) is 6.90. The van der Waals surface area contributed by atoms with Gasteiger partial charge in [-0.3, -0.25) is 0 Å². The molecule has 1 heterocycles. The van der Waals surface area contributed by atoms with Gasteiger partial charge in [-0.05, 0) is 13.0 Å². The Morgan fingerprint density at radius 2 is 2.11 bits per heavy atom. The average molecular weight is 278 g/mol. The minimum Gasteiger partial charge on any atom is -0.496 e. The standard InChI is InChI=1S/C13H18N4OS/c1-9(14)12(19-13-15-8-16-17(13)2)10-6-4-5-7-11(10)18-3/h4-9,12H,14H2,1-3H3. The minimum absolute atomic E-state index is 0.0296. The topological polar surface area (TPSA) is 66.0 Å². The molecule has 1 aromatic heterocycles. The molecule has 2 unspecified atom stereocenters. The third-order valence-electron chi connectivity index (χ3n) is 2.83. The quantitative estimate of drug-likeness (QED) is 0.847. The lowest BCUT2D eigenvalue weighted by molar-refractivity contribution is 0.408. The van der Waals surface area contributed by atoms with Crippen molar-refractivity contribution in [1.29, 1.82) is 0 Å². The Hall–Kier alpha value is -1.53. The van der Waals surface area contributed by atoms with Gasteiger partial charge in [0.15, 0.2) is 5.16 Å². The van der Waals surface area contributed by atoms with Gasteiger partial charge in [-0.2, -0.15) is 5.10 Å². The largest absolute Gasteiger partial charge is 0.496 e. The molecule has 0 amide bonds. The lowest BCUT2D eigenvalue weighted by Gasteiger charge is -2.22. The fourth-order valence-corrected chi connectivity index (χ4v) is 2.93. The van der Waals surface area contributed by atoms with E-state index in [9.17, 15) is 0 Å². The van der Waals surface area contributed by atoms with Gasteiger partial charge in [0.05, 0.1) is 12.4 Å². The normalized spacial score (nSPS) is 14.1. The van der Waals surface area contributed by atoms with Crippen molar-refractivity contribution in [3.63, 3.8) is 0 Å². The molecule has 0 saturated heterocycles. The van der Waals surface area contributed by atoms with Crippen molar-refractivity contribution in [2.45, 2.75) is 23.4 Å². The molecule has 2 rings (SSSR count). The van der Waals surface area contributed by atoms with Crippen molar-refractivity contribution in [1.82, 2.24) is 14.8 Å². The molecule has 0 bridgehead atoms.